The summed E-state index contributed by atoms with van der Waals surface area (Å²) in [7, 11) is 1.92. The van der Waals surface area contributed by atoms with E-state index in [0.717, 1.165) is 58.4 Å². The topological polar surface area (TPSA) is 70.5 Å². The van der Waals surface area contributed by atoms with Crippen molar-refractivity contribution >= 4 is 11.8 Å². The van der Waals surface area contributed by atoms with E-state index in [1.165, 1.54) is 0 Å². The summed E-state index contributed by atoms with van der Waals surface area (Å²) in [6.45, 7) is 3.91. The minimum absolute atomic E-state index is 0.218. The largest absolute Gasteiger partial charge is 0.342 e. The van der Waals surface area contributed by atoms with Crippen LogP contribution >= 0.6 is 0 Å². The maximum absolute atomic E-state index is 13.2. The number of fused-ring (bicyclic) bond motifs is 1. The summed E-state index contributed by atoms with van der Waals surface area (Å²) in [6.07, 6.45) is 9.89. The van der Waals surface area contributed by atoms with Gasteiger partial charge in [-0.15, -0.1) is 0 Å². The van der Waals surface area contributed by atoms with Gasteiger partial charge in [0.25, 0.3) is 0 Å². The zero-order valence-electron chi connectivity index (χ0n) is 15.6. The van der Waals surface area contributed by atoms with Gasteiger partial charge >= 0.3 is 0 Å². The Morgan fingerprint density at radius 1 is 1.38 bits per heavy atom. The number of nitrogens with zero attached hydrogens (tertiary/aromatic N) is 4. The fraction of sp³-hybridized carbons (Fsp3) is 0.737. The van der Waals surface area contributed by atoms with Crippen molar-refractivity contribution in [3.8, 4) is 0 Å². The molecule has 2 amide bonds. The smallest absolute Gasteiger partial charge is 0.230 e. The first-order valence-electron chi connectivity index (χ1n) is 9.82. The van der Waals surface area contributed by atoms with E-state index in [0.29, 0.717) is 24.3 Å². The fourth-order valence-electron chi connectivity index (χ4n) is 4.71. The van der Waals surface area contributed by atoms with Gasteiger partial charge in [0.2, 0.25) is 11.8 Å². The van der Waals surface area contributed by atoms with Crippen LogP contribution in [-0.2, 0) is 16.1 Å². The number of piperidine rings is 2. The van der Waals surface area contributed by atoms with Gasteiger partial charge in [-0.3, -0.25) is 9.59 Å². The Labute approximate surface area is 154 Å². The highest BCUT2D eigenvalue weighted by Gasteiger charge is 2.53. The zero-order chi connectivity index (χ0) is 18.1. The minimum atomic E-state index is -0.218. The standard InChI is InChI=1S/C19H29N5O2/c1-20-7-11-24-16-4-9-23(12-15(16)2-3-17(24)25)18(26)19(5-6-19)13-22-10-8-21-14-22/h8,10,14-16,20H,2-7,9,11-13H2,1H3. The number of hydrogen-bond donors (Lipinski definition) is 1. The van der Waals surface area contributed by atoms with E-state index in [2.05, 4.69) is 20.1 Å². The SMILES string of the molecule is CNCCN1C(=O)CCC2CN(C(=O)C3(Cn4ccnc4)CC3)CCC21. The lowest BCUT2D eigenvalue weighted by Crippen LogP contribution is -2.58. The third kappa shape index (κ3) is 3.24. The fourth-order valence-corrected chi connectivity index (χ4v) is 4.71. The molecular formula is C19H29N5O2. The monoisotopic (exact) mass is 359 g/mol. The molecule has 2 saturated heterocycles. The summed E-state index contributed by atoms with van der Waals surface area (Å²) in [5.74, 6) is 1.01. The number of aromatic nitrogens is 2. The first-order chi connectivity index (χ1) is 12.6. The molecule has 1 aromatic heterocycles. The van der Waals surface area contributed by atoms with Crippen molar-refractivity contribution in [2.24, 2.45) is 11.3 Å². The van der Waals surface area contributed by atoms with Gasteiger partial charge in [-0.2, -0.15) is 0 Å². The predicted molar refractivity (Wildman–Crippen MR) is 97.2 cm³/mol. The quantitative estimate of drug-likeness (QED) is 0.813. The molecule has 26 heavy (non-hydrogen) atoms. The molecule has 1 N–H and O–H groups in total. The van der Waals surface area contributed by atoms with Crippen molar-refractivity contribution in [2.75, 3.05) is 33.2 Å². The maximum atomic E-state index is 13.2. The molecule has 7 heteroatoms. The number of likely N-dealkylation sites (tertiary alicyclic amines) is 2. The van der Waals surface area contributed by atoms with Crippen LogP contribution in [-0.4, -0.2) is 70.4 Å². The molecule has 2 unspecified atom stereocenters. The molecule has 2 aliphatic heterocycles. The molecule has 0 radical (unpaired) electrons. The molecule has 3 aliphatic rings. The Kier molecular flexibility index (Phi) is 4.73. The Bertz CT molecular complexity index is 655. The molecule has 4 rings (SSSR count). The number of carbonyl (C=O) groups is 2. The van der Waals surface area contributed by atoms with Crippen molar-refractivity contribution in [3.63, 3.8) is 0 Å². The summed E-state index contributed by atoms with van der Waals surface area (Å²) in [5.41, 5.74) is -0.218. The summed E-state index contributed by atoms with van der Waals surface area (Å²) in [6, 6.07) is 0.303. The number of imidazole rings is 1. The Morgan fingerprint density at radius 2 is 2.23 bits per heavy atom. The van der Waals surface area contributed by atoms with Crippen molar-refractivity contribution in [1.29, 1.82) is 0 Å². The highest BCUT2D eigenvalue weighted by Crippen LogP contribution is 2.49. The van der Waals surface area contributed by atoms with Crippen LogP contribution in [0.5, 0.6) is 0 Å². The molecule has 142 valence electrons. The van der Waals surface area contributed by atoms with Crippen LogP contribution in [0.2, 0.25) is 0 Å². The second kappa shape index (κ2) is 7.02. The normalized spacial score (nSPS) is 27.3. The number of rotatable bonds is 6. The maximum Gasteiger partial charge on any atom is 0.230 e. The first-order valence-corrected chi connectivity index (χ1v) is 9.82. The molecule has 0 aromatic carbocycles. The summed E-state index contributed by atoms with van der Waals surface area (Å²) in [4.78, 5) is 33.8. The third-order valence-electron chi connectivity index (χ3n) is 6.39. The summed E-state index contributed by atoms with van der Waals surface area (Å²) >= 11 is 0. The molecule has 3 fully saturated rings. The van der Waals surface area contributed by atoms with Crippen LogP contribution in [0, 0.1) is 11.3 Å². The Balaban J connectivity index is 1.40. The van der Waals surface area contributed by atoms with Crippen LogP contribution in [0.15, 0.2) is 18.7 Å². The minimum Gasteiger partial charge on any atom is -0.342 e. The van der Waals surface area contributed by atoms with Crippen molar-refractivity contribution in [2.45, 2.75) is 44.7 Å². The highest BCUT2D eigenvalue weighted by molar-refractivity contribution is 5.85. The van der Waals surface area contributed by atoms with Crippen molar-refractivity contribution in [3.05, 3.63) is 18.7 Å². The molecule has 0 spiro atoms. The number of amides is 2. The molecule has 1 aliphatic carbocycles. The third-order valence-corrected chi connectivity index (χ3v) is 6.39. The summed E-state index contributed by atoms with van der Waals surface area (Å²) in [5, 5.41) is 3.14. The van der Waals surface area contributed by atoms with Gasteiger partial charge < -0.3 is 19.7 Å². The van der Waals surface area contributed by atoms with E-state index in [1.54, 1.807) is 12.5 Å². The van der Waals surface area contributed by atoms with Gasteiger partial charge in [0.15, 0.2) is 0 Å². The zero-order valence-corrected chi connectivity index (χ0v) is 15.6. The van der Waals surface area contributed by atoms with E-state index >= 15 is 0 Å². The van der Waals surface area contributed by atoms with E-state index in [-0.39, 0.29) is 11.3 Å². The molecule has 1 aromatic rings. The average Bonchev–Trinajstić information content (AvgIpc) is 3.25. The lowest BCUT2D eigenvalue weighted by molar-refractivity contribution is -0.146. The molecule has 0 bridgehead atoms. The number of carbonyl (C=O) groups excluding carboxylic acids is 2. The predicted octanol–water partition coefficient (Wildman–Crippen LogP) is 0.722. The van der Waals surface area contributed by atoms with Crippen molar-refractivity contribution in [1.82, 2.24) is 24.7 Å². The van der Waals surface area contributed by atoms with Crippen LogP contribution in [0.3, 0.4) is 0 Å². The van der Waals surface area contributed by atoms with Gasteiger partial charge in [-0.1, -0.05) is 0 Å². The van der Waals surface area contributed by atoms with E-state index in [1.807, 2.05) is 17.8 Å². The van der Waals surface area contributed by atoms with E-state index in [9.17, 15) is 9.59 Å². The molecule has 7 nitrogen and oxygen atoms in total. The van der Waals surface area contributed by atoms with Gasteiger partial charge in [-0.25, -0.2) is 4.98 Å². The van der Waals surface area contributed by atoms with Gasteiger partial charge in [0.05, 0.1) is 11.7 Å². The Morgan fingerprint density at radius 3 is 2.92 bits per heavy atom. The van der Waals surface area contributed by atoms with Gasteiger partial charge in [0, 0.05) is 57.6 Å². The lowest BCUT2D eigenvalue weighted by Gasteiger charge is -2.47. The van der Waals surface area contributed by atoms with E-state index in [4.69, 9.17) is 0 Å². The van der Waals surface area contributed by atoms with Gasteiger partial charge in [-0.05, 0) is 38.6 Å². The number of hydrogen-bond acceptors (Lipinski definition) is 4. The number of likely N-dealkylation sites (N-methyl/N-ethyl adjacent to an activating group) is 1. The van der Waals surface area contributed by atoms with Crippen LogP contribution in [0.4, 0.5) is 0 Å². The Hall–Kier alpha value is -1.89. The van der Waals surface area contributed by atoms with Crippen molar-refractivity contribution < 1.29 is 9.59 Å². The molecule has 2 atom stereocenters. The first kappa shape index (κ1) is 17.5. The van der Waals surface area contributed by atoms with Crippen LogP contribution < -0.4 is 5.32 Å². The average molecular weight is 359 g/mol. The summed E-state index contributed by atoms with van der Waals surface area (Å²) < 4.78 is 2.02. The second-order valence-electron chi connectivity index (χ2n) is 8.11. The van der Waals surface area contributed by atoms with Crippen LogP contribution in [0.25, 0.3) is 0 Å². The van der Waals surface area contributed by atoms with E-state index < -0.39 is 0 Å². The molecular weight excluding hydrogens is 330 g/mol. The lowest BCUT2D eigenvalue weighted by atomic mass is 9.83. The molecule has 3 heterocycles. The molecule has 1 saturated carbocycles. The second-order valence-corrected chi connectivity index (χ2v) is 8.11. The highest BCUT2D eigenvalue weighted by atomic mass is 16.2. The van der Waals surface area contributed by atoms with Crippen LogP contribution in [0.1, 0.15) is 32.1 Å². The van der Waals surface area contributed by atoms with Gasteiger partial charge in [0.1, 0.15) is 0 Å². The number of nitrogens with one attached hydrogen (secondary N) is 1.